The van der Waals surface area contributed by atoms with Gasteiger partial charge in [0.25, 0.3) is 0 Å². The number of nitrogens with zero attached hydrogens (tertiary/aromatic N) is 1. The summed E-state index contributed by atoms with van der Waals surface area (Å²) in [5.74, 6) is 0.717. The molecule has 0 atom stereocenters. The van der Waals surface area contributed by atoms with Crippen LogP contribution in [0.1, 0.15) is 15.9 Å². The highest BCUT2D eigenvalue weighted by Crippen LogP contribution is 2.46. The summed E-state index contributed by atoms with van der Waals surface area (Å²) in [5, 5.41) is 1.98. The molecule has 0 fully saturated rings. The first kappa shape index (κ1) is 14.8. The maximum absolute atomic E-state index is 13.1. The lowest BCUT2D eigenvalue weighted by molar-refractivity contribution is 0.104. The minimum atomic E-state index is 0.00401. The molecule has 3 aromatic carbocycles. The van der Waals surface area contributed by atoms with E-state index in [0.717, 1.165) is 27.5 Å². The zero-order valence-electron chi connectivity index (χ0n) is 14.2. The normalized spacial score (nSPS) is 12.1. The molecule has 0 unspecified atom stereocenters. The van der Waals surface area contributed by atoms with Crippen molar-refractivity contribution >= 4 is 16.6 Å². The third-order valence-corrected chi connectivity index (χ3v) is 4.93. The molecule has 0 saturated heterocycles. The topological polar surface area (TPSA) is 39.2 Å². The number of ketones is 1. The average Bonchev–Trinajstić information content (AvgIpc) is 2.98. The lowest BCUT2D eigenvalue weighted by Crippen LogP contribution is -1.97. The Morgan fingerprint density at radius 1 is 0.846 bits per heavy atom. The summed E-state index contributed by atoms with van der Waals surface area (Å²) in [4.78, 5) is 17.7. The van der Waals surface area contributed by atoms with Crippen molar-refractivity contribution in [1.82, 2.24) is 4.98 Å². The van der Waals surface area contributed by atoms with Crippen LogP contribution in [-0.2, 0) is 0 Å². The predicted octanol–water partition coefficient (Wildman–Crippen LogP) is 5.12. The lowest BCUT2D eigenvalue weighted by Gasteiger charge is -2.11. The Labute approximate surface area is 150 Å². The van der Waals surface area contributed by atoms with E-state index in [1.165, 1.54) is 0 Å². The number of rotatable bonds is 2. The Balaban J connectivity index is 1.78. The van der Waals surface area contributed by atoms with Gasteiger partial charge in [-0.25, -0.2) is 0 Å². The fraction of sp³-hybridized carbons (Fsp3) is 0.0435. The monoisotopic (exact) mass is 337 g/mol. The van der Waals surface area contributed by atoms with Crippen molar-refractivity contribution in [3.63, 3.8) is 0 Å². The van der Waals surface area contributed by atoms with Crippen LogP contribution in [0.3, 0.4) is 0 Å². The van der Waals surface area contributed by atoms with Gasteiger partial charge in [-0.1, -0.05) is 54.6 Å². The summed E-state index contributed by atoms with van der Waals surface area (Å²) in [7, 11) is 1.64. The van der Waals surface area contributed by atoms with Crippen LogP contribution < -0.4 is 4.74 Å². The molecule has 1 aromatic heterocycles. The van der Waals surface area contributed by atoms with E-state index < -0.39 is 0 Å². The van der Waals surface area contributed by atoms with E-state index in [1.807, 2.05) is 72.9 Å². The van der Waals surface area contributed by atoms with Gasteiger partial charge in [-0.05, 0) is 23.1 Å². The fourth-order valence-corrected chi connectivity index (χ4v) is 3.71. The zero-order chi connectivity index (χ0) is 17.7. The molecule has 1 heterocycles. The predicted molar refractivity (Wildman–Crippen MR) is 103 cm³/mol. The molecule has 1 aliphatic carbocycles. The highest BCUT2D eigenvalue weighted by Gasteiger charge is 2.32. The first-order valence-electron chi connectivity index (χ1n) is 8.48. The Morgan fingerprint density at radius 3 is 2.42 bits per heavy atom. The van der Waals surface area contributed by atoms with Gasteiger partial charge in [-0.3, -0.25) is 9.78 Å². The molecule has 1 aliphatic rings. The smallest absolute Gasteiger partial charge is 0.196 e. The fourth-order valence-electron chi connectivity index (χ4n) is 3.71. The van der Waals surface area contributed by atoms with Crippen molar-refractivity contribution in [2.45, 2.75) is 0 Å². The Bertz CT molecular complexity index is 1180. The molecule has 26 heavy (non-hydrogen) atoms. The van der Waals surface area contributed by atoms with Crippen molar-refractivity contribution in [2.75, 3.05) is 7.11 Å². The van der Waals surface area contributed by atoms with Crippen molar-refractivity contribution in [1.29, 1.82) is 0 Å². The number of pyridine rings is 1. The number of methoxy groups -OCH3 is 1. The molecule has 0 bridgehead atoms. The molecule has 0 radical (unpaired) electrons. The van der Waals surface area contributed by atoms with Crippen LogP contribution in [-0.4, -0.2) is 17.9 Å². The Hall–Kier alpha value is -3.46. The van der Waals surface area contributed by atoms with Crippen LogP contribution in [0.25, 0.3) is 33.2 Å². The van der Waals surface area contributed by atoms with Crippen LogP contribution in [0.4, 0.5) is 0 Å². The first-order valence-corrected chi connectivity index (χ1v) is 8.48. The van der Waals surface area contributed by atoms with Gasteiger partial charge in [0.05, 0.1) is 18.4 Å². The average molecular weight is 337 g/mol. The summed E-state index contributed by atoms with van der Waals surface area (Å²) in [5.41, 5.74) is 4.78. The maximum Gasteiger partial charge on any atom is 0.196 e. The van der Waals surface area contributed by atoms with E-state index in [-0.39, 0.29) is 5.78 Å². The molecule has 124 valence electrons. The van der Waals surface area contributed by atoms with Gasteiger partial charge >= 0.3 is 0 Å². The summed E-state index contributed by atoms with van der Waals surface area (Å²) < 4.78 is 5.70. The van der Waals surface area contributed by atoms with E-state index in [4.69, 9.17) is 4.74 Å². The number of fused-ring (bicyclic) bond motifs is 4. The van der Waals surface area contributed by atoms with E-state index in [9.17, 15) is 4.79 Å². The van der Waals surface area contributed by atoms with Gasteiger partial charge in [0, 0.05) is 28.3 Å². The van der Waals surface area contributed by atoms with E-state index in [0.29, 0.717) is 22.6 Å². The number of carbonyl (C=O) groups excluding carboxylic acids is 1. The number of benzene rings is 3. The number of hydrogen-bond acceptors (Lipinski definition) is 3. The standard InChI is InChI=1S/C23H15NO2/c1-26-23-17-10-6-5-9-15(17)11-18-20(23)21-19(22(18)25)12-16(13-24-21)14-7-3-2-4-8-14/h2-13H,1H3. The molecule has 0 N–H and O–H groups in total. The van der Waals surface area contributed by atoms with Gasteiger partial charge in [-0.2, -0.15) is 0 Å². The summed E-state index contributed by atoms with van der Waals surface area (Å²) in [6, 6.07) is 21.8. The molecule has 3 heteroatoms. The van der Waals surface area contributed by atoms with Crippen LogP contribution in [0.2, 0.25) is 0 Å². The van der Waals surface area contributed by atoms with Crippen LogP contribution >= 0.6 is 0 Å². The molecular weight excluding hydrogens is 322 g/mol. The molecule has 4 aromatic rings. The molecule has 0 spiro atoms. The summed E-state index contributed by atoms with van der Waals surface area (Å²) >= 11 is 0. The SMILES string of the molecule is COc1c2c(cc3ccccc13)C(=O)c1cc(-c3ccccc3)cnc1-2. The second-order valence-electron chi connectivity index (χ2n) is 6.37. The van der Waals surface area contributed by atoms with Crippen LogP contribution in [0.5, 0.6) is 5.75 Å². The molecular formula is C23H15NO2. The van der Waals surface area contributed by atoms with E-state index in [1.54, 1.807) is 7.11 Å². The van der Waals surface area contributed by atoms with Crippen molar-refractivity contribution < 1.29 is 9.53 Å². The second-order valence-corrected chi connectivity index (χ2v) is 6.37. The van der Waals surface area contributed by atoms with E-state index in [2.05, 4.69) is 4.98 Å². The maximum atomic E-state index is 13.1. The van der Waals surface area contributed by atoms with Gasteiger partial charge in [0.1, 0.15) is 5.75 Å². The first-order chi connectivity index (χ1) is 12.8. The Morgan fingerprint density at radius 2 is 1.62 bits per heavy atom. The van der Waals surface area contributed by atoms with Crippen LogP contribution in [0.15, 0.2) is 72.9 Å². The number of ether oxygens (including phenoxy) is 1. The van der Waals surface area contributed by atoms with Crippen molar-refractivity contribution in [3.05, 3.63) is 84.1 Å². The second kappa shape index (κ2) is 5.53. The summed E-state index contributed by atoms with van der Waals surface area (Å²) in [6.07, 6.45) is 1.82. The van der Waals surface area contributed by atoms with Crippen LogP contribution in [0, 0.1) is 0 Å². The van der Waals surface area contributed by atoms with Gasteiger partial charge in [0.2, 0.25) is 0 Å². The number of aromatic nitrogens is 1. The molecule has 3 nitrogen and oxygen atoms in total. The highest BCUT2D eigenvalue weighted by atomic mass is 16.5. The highest BCUT2D eigenvalue weighted by molar-refractivity contribution is 6.24. The van der Waals surface area contributed by atoms with Gasteiger partial charge in [-0.15, -0.1) is 0 Å². The molecule has 0 aliphatic heterocycles. The van der Waals surface area contributed by atoms with Gasteiger partial charge in [0.15, 0.2) is 5.78 Å². The molecule has 5 rings (SSSR count). The zero-order valence-corrected chi connectivity index (χ0v) is 14.2. The molecule has 0 amide bonds. The van der Waals surface area contributed by atoms with Gasteiger partial charge < -0.3 is 4.74 Å². The Kier molecular flexibility index (Phi) is 3.16. The lowest BCUT2D eigenvalue weighted by atomic mass is 10.0. The molecule has 0 saturated carbocycles. The minimum Gasteiger partial charge on any atom is -0.495 e. The third-order valence-electron chi connectivity index (χ3n) is 4.93. The summed E-state index contributed by atoms with van der Waals surface area (Å²) in [6.45, 7) is 0. The van der Waals surface area contributed by atoms with Crippen molar-refractivity contribution in [3.8, 4) is 28.1 Å². The largest absolute Gasteiger partial charge is 0.495 e. The number of carbonyl (C=O) groups is 1. The number of hydrogen-bond donors (Lipinski definition) is 0. The minimum absolute atomic E-state index is 0.00401. The van der Waals surface area contributed by atoms with E-state index >= 15 is 0 Å². The van der Waals surface area contributed by atoms with Crippen molar-refractivity contribution in [2.24, 2.45) is 0 Å². The third kappa shape index (κ3) is 2.01. The quantitative estimate of drug-likeness (QED) is 0.449.